The van der Waals surface area contributed by atoms with Gasteiger partial charge < -0.3 is 4.74 Å². The molecule has 1 aromatic heterocycles. The number of benzene rings is 1. The summed E-state index contributed by atoms with van der Waals surface area (Å²) in [5.74, 6) is 0.699. The van der Waals surface area contributed by atoms with Gasteiger partial charge in [0.25, 0.3) is 0 Å². The molecule has 1 aromatic carbocycles. The van der Waals surface area contributed by atoms with Crippen molar-refractivity contribution in [1.82, 2.24) is 4.98 Å². The lowest BCUT2D eigenvalue weighted by Gasteiger charge is -2.09. The van der Waals surface area contributed by atoms with Gasteiger partial charge in [-0.05, 0) is 30.3 Å². The van der Waals surface area contributed by atoms with Crippen LogP contribution in [0.4, 0.5) is 0 Å². The maximum absolute atomic E-state index is 6.08. The molecule has 0 aliphatic carbocycles. The molecule has 2 nitrogen and oxygen atoms in total. The molecule has 0 fully saturated rings. The van der Waals surface area contributed by atoms with Crippen molar-refractivity contribution in [2.45, 2.75) is 0 Å². The first kappa shape index (κ1) is 11.2. The Balaban J connectivity index is 2.63. The second kappa shape index (κ2) is 4.73. The van der Waals surface area contributed by atoms with Crippen LogP contribution in [0.5, 0.6) is 5.75 Å². The monoisotopic (exact) mass is 253 g/mol. The van der Waals surface area contributed by atoms with Crippen molar-refractivity contribution in [3.8, 4) is 17.0 Å². The smallest absolute Gasteiger partial charge is 0.128 e. The molecule has 82 valence electrons. The summed E-state index contributed by atoms with van der Waals surface area (Å²) in [5, 5.41) is 1.19. The van der Waals surface area contributed by atoms with E-state index in [9.17, 15) is 0 Å². The van der Waals surface area contributed by atoms with Gasteiger partial charge >= 0.3 is 0 Å². The second-order valence-electron chi connectivity index (χ2n) is 3.18. The summed E-state index contributed by atoms with van der Waals surface area (Å²) in [6, 6.07) is 8.91. The van der Waals surface area contributed by atoms with Crippen LogP contribution in [0.25, 0.3) is 11.3 Å². The van der Waals surface area contributed by atoms with Gasteiger partial charge in [-0.2, -0.15) is 0 Å². The Morgan fingerprint density at radius 3 is 2.69 bits per heavy atom. The van der Waals surface area contributed by atoms with Crippen molar-refractivity contribution in [3.63, 3.8) is 0 Å². The van der Waals surface area contributed by atoms with Crippen molar-refractivity contribution >= 4 is 23.2 Å². The van der Waals surface area contributed by atoms with Crippen molar-refractivity contribution in [2.75, 3.05) is 7.11 Å². The van der Waals surface area contributed by atoms with Crippen molar-refractivity contribution in [3.05, 3.63) is 46.6 Å². The topological polar surface area (TPSA) is 22.1 Å². The molecule has 2 aromatic rings. The first-order valence-corrected chi connectivity index (χ1v) is 5.42. The minimum atomic E-state index is 0.572. The van der Waals surface area contributed by atoms with Crippen molar-refractivity contribution < 1.29 is 4.74 Å². The van der Waals surface area contributed by atoms with E-state index in [-0.39, 0.29) is 0 Å². The minimum Gasteiger partial charge on any atom is -0.496 e. The second-order valence-corrected chi connectivity index (χ2v) is 4.02. The number of rotatable bonds is 2. The third-order valence-electron chi connectivity index (χ3n) is 2.18. The maximum Gasteiger partial charge on any atom is 0.128 e. The molecule has 2 rings (SSSR count). The van der Waals surface area contributed by atoms with Crippen LogP contribution in [0.1, 0.15) is 0 Å². The molecule has 0 aliphatic heterocycles. The zero-order chi connectivity index (χ0) is 11.5. The number of hydrogen-bond acceptors (Lipinski definition) is 2. The van der Waals surface area contributed by atoms with E-state index in [0.29, 0.717) is 21.5 Å². The Bertz CT molecular complexity index is 514. The highest BCUT2D eigenvalue weighted by molar-refractivity contribution is 6.33. The Labute approximate surface area is 104 Å². The molecule has 0 radical (unpaired) electrons. The molecule has 0 bridgehead atoms. The van der Waals surface area contributed by atoms with E-state index >= 15 is 0 Å². The van der Waals surface area contributed by atoms with Crippen LogP contribution in [-0.4, -0.2) is 12.1 Å². The number of ether oxygens (including phenoxy) is 1. The number of nitrogens with zero attached hydrogens (tertiary/aromatic N) is 1. The summed E-state index contributed by atoms with van der Waals surface area (Å²) in [6.45, 7) is 0. The highest BCUT2D eigenvalue weighted by Gasteiger charge is 2.10. The van der Waals surface area contributed by atoms with Crippen LogP contribution in [0.15, 0.2) is 36.5 Å². The number of hydrogen-bond donors (Lipinski definition) is 0. The molecule has 4 heteroatoms. The quantitative estimate of drug-likeness (QED) is 0.806. The van der Waals surface area contributed by atoms with Crippen LogP contribution in [0.3, 0.4) is 0 Å². The van der Waals surface area contributed by atoms with E-state index < -0.39 is 0 Å². The molecular formula is C12H9Cl2NO. The predicted octanol–water partition coefficient (Wildman–Crippen LogP) is 4.06. The normalized spacial score (nSPS) is 10.2. The molecule has 0 amide bonds. The van der Waals surface area contributed by atoms with Gasteiger partial charge in [0.05, 0.1) is 17.8 Å². The lowest BCUT2D eigenvalue weighted by atomic mass is 10.1. The molecule has 0 N–H and O–H groups in total. The highest BCUT2D eigenvalue weighted by atomic mass is 35.5. The largest absolute Gasteiger partial charge is 0.496 e. The standard InChI is InChI=1S/C12H9Cl2NO/c1-16-11-5-4-8(13)7-9(11)12-10(14)3-2-6-15-12/h2-7H,1H3. The highest BCUT2D eigenvalue weighted by Crippen LogP contribution is 2.34. The van der Waals surface area contributed by atoms with Gasteiger partial charge in [0.15, 0.2) is 0 Å². The average molecular weight is 254 g/mol. The number of aromatic nitrogens is 1. The van der Waals surface area contributed by atoms with Gasteiger partial charge in [-0.1, -0.05) is 23.2 Å². The van der Waals surface area contributed by atoms with E-state index in [1.165, 1.54) is 0 Å². The van der Waals surface area contributed by atoms with Crippen LogP contribution >= 0.6 is 23.2 Å². The van der Waals surface area contributed by atoms with Gasteiger partial charge in [0, 0.05) is 16.8 Å². The molecule has 0 atom stereocenters. The number of halogens is 2. The predicted molar refractivity (Wildman–Crippen MR) is 66.2 cm³/mol. The van der Waals surface area contributed by atoms with Crippen molar-refractivity contribution in [1.29, 1.82) is 0 Å². The van der Waals surface area contributed by atoms with Gasteiger partial charge in [-0.25, -0.2) is 0 Å². The lowest BCUT2D eigenvalue weighted by Crippen LogP contribution is -1.90. The molecular weight excluding hydrogens is 245 g/mol. The molecule has 16 heavy (non-hydrogen) atoms. The first-order valence-electron chi connectivity index (χ1n) is 4.67. The van der Waals surface area contributed by atoms with Crippen LogP contribution in [-0.2, 0) is 0 Å². The Hall–Kier alpha value is -1.25. The Morgan fingerprint density at radius 2 is 2.00 bits per heavy atom. The van der Waals surface area contributed by atoms with Crippen LogP contribution < -0.4 is 4.74 Å². The average Bonchev–Trinajstić information content (AvgIpc) is 2.29. The minimum absolute atomic E-state index is 0.572. The lowest BCUT2D eigenvalue weighted by molar-refractivity contribution is 0.416. The van der Waals surface area contributed by atoms with E-state index in [4.69, 9.17) is 27.9 Å². The molecule has 1 heterocycles. The van der Waals surface area contributed by atoms with Crippen LogP contribution in [0.2, 0.25) is 10.0 Å². The third-order valence-corrected chi connectivity index (χ3v) is 2.72. The van der Waals surface area contributed by atoms with Crippen molar-refractivity contribution in [2.24, 2.45) is 0 Å². The van der Waals surface area contributed by atoms with Gasteiger partial charge in [-0.15, -0.1) is 0 Å². The fraction of sp³-hybridized carbons (Fsp3) is 0.0833. The molecule has 0 saturated carbocycles. The SMILES string of the molecule is COc1ccc(Cl)cc1-c1ncccc1Cl. The van der Waals surface area contributed by atoms with Crippen LogP contribution in [0, 0.1) is 0 Å². The summed E-state index contributed by atoms with van der Waals surface area (Å²) < 4.78 is 5.25. The van der Waals surface area contributed by atoms with E-state index in [1.807, 2.05) is 0 Å². The third kappa shape index (κ3) is 2.13. The Morgan fingerprint density at radius 1 is 1.19 bits per heavy atom. The van der Waals surface area contributed by atoms with E-state index in [2.05, 4.69) is 4.98 Å². The summed E-state index contributed by atoms with van der Waals surface area (Å²) in [7, 11) is 1.60. The summed E-state index contributed by atoms with van der Waals surface area (Å²) in [6.07, 6.45) is 1.68. The summed E-state index contributed by atoms with van der Waals surface area (Å²) in [5.41, 5.74) is 1.46. The number of methoxy groups -OCH3 is 1. The molecule has 0 spiro atoms. The van der Waals surface area contributed by atoms with Gasteiger partial charge in [0.1, 0.15) is 5.75 Å². The van der Waals surface area contributed by atoms with E-state index in [1.54, 1.807) is 43.6 Å². The fourth-order valence-corrected chi connectivity index (χ4v) is 1.84. The molecule has 0 saturated heterocycles. The zero-order valence-electron chi connectivity index (χ0n) is 8.58. The zero-order valence-corrected chi connectivity index (χ0v) is 10.1. The van der Waals surface area contributed by atoms with Gasteiger partial charge in [-0.3, -0.25) is 4.98 Å². The summed E-state index contributed by atoms with van der Waals surface area (Å²) >= 11 is 12.0. The first-order chi connectivity index (χ1) is 7.72. The Kier molecular flexibility index (Phi) is 3.32. The summed E-state index contributed by atoms with van der Waals surface area (Å²) in [4.78, 5) is 4.23. The molecule has 0 unspecified atom stereocenters. The van der Waals surface area contributed by atoms with E-state index in [0.717, 1.165) is 5.56 Å². The molecule has 0 aliphatic rings. The fourth-order valence-electron chi connectivity index (χ4n) is 1.45. The van der Waals surface area contributed by atoms with Gasteiger partial charge in [0.2, 0.25) is 0 Å². The number of pyridine rings is 1. The maximum atomic E-state index is 6.08.